The Morgan fingerprint density at radius 1 is 0.452 bits per heavy atom. The Morgan fingerprint density at radius 2 is 0.690 bits per heavy atom. The normalized spacial score (nSPS) is 18.2. The number of ether oxygens (including phenoxy) is 3. The van der Waals surface area contributed by atoms with Gasteiger partial charge >= 0.3 is 18.5 Å². The maximum absolute atomic E-state index is 14.1. The number of nitrogens with zero attached hydrogens (tertiary/aromatic N) is 15. The summed E-state index contributed by atoms with van der Waals surface area (Å²) in [5.41, 5.74) is -0.237. The number of pyridine rings is 3. The Bertz CT molecular complexity index is 3470. The van der Waals surface area contributed by atoms with Crippen molar-refractivity contribution in [3.05, 3.63) is 108 Å². The Hall–Kier alpha value is -8.48. The first kappa shape index (κ1) is 60.1. The van der Waals surface area contributed by atoms with Crippen LogP contribution in [0.4, 0.5) is 82.9 Å². The monoisotopic (exact) mass is 1230 g/mol. The van der Waals surface area contributed by atoms with Gasteiger partial charge in [-0.05, 0) is 54.6 Å². The van der Waals surface area contributed by atoms with Gasteiger partial charge in [-0.2, -0.15) is 72.2 Å². The van der Waals surface area contributed by atoms with Crippen LogP contribution in [0.1, 0.15) is 36.7 Å². The molecule has 38 heteroatoms. The number of aromatic nitrogens is 15. The Kier molecular flexibility index (Phi) is 16.2. The lowest BCUT2D eigenvalue weighted by Crippen LogP contribution is -2.12. The van der Waals surface area contributed by atoms with Crippen LogP contribution in [-0.2, 0) is 18.5 Å². The van der Waals surface area contributed by atoms with E-state index < -0.39 is 107 Å². The summed E-state index contributed by atoms with van der Waals surface area (Å²) in [6.07, 6.45) is -10.5. The van der Waals surface area contributed by atoms with E-state index in [4.69, 9.17) is 14.2 Å². The van der Waals surface area contributed by atoms with Crippen LogP contribution in [-0.4, -0.2) is 118 Å². The summed E-state index contributed by atoms with van der Waals surface area (Å²) in [6, 6.07) is 10.5. The molecule has 3 aliphatic carbocycles. The van der Waals surface area contributed by atoms with Crippen molar-refractivity contribution in [2.24, 2.45) is 17.8 Å². The minimum absolute atomic E-state index is 0.0144. The molecule has 3 atom stereocenters. The zero-order valence-corrected chi connectivity index (χ0v) is 42.2. The summed E-state index contributed by atoms with van der Waals surface area (Å²) >= 11 is 0.250. The van der Waals surface area contributed by atoms with Crippen molar-refractivity contribution in [2.45, 2.75) is 55.6 Å². The van der Waals surface area contributed by atoms with Crippen LogP contribution in [0, 0.1) is 35.2 Å². The molecule has 0 N–H and O–H groups in total. The average Bonchev–Trinajstić information content (AvgIpc) is 4.26. The fraction of sp³-hybridized carbons (Fsp3) is 0.348. The van der Waals surface area contributed by atoms with Crippen LogP contribution in [0.2, 0.25) is 0 Å². The summed E-state index contributed by atoms with van der Waals surface area (Å²) < 4.78 is 262. The van der Waals surface area contributed by atoms with Gasteiger partial charge in [-0.15, -0.1) is 30.6 Å². The predicted molar refractivity (Wildman–Crippen MR) is 247 cm³/mol. The van der Waals surface area contributed by atoms with Crippen LogP contribution in [0.25, 0.3) is 50.7 Å². The van der Waals surface area contributed by atoms with Crippen molar-refractivity contribution >= 4 is 29.1 Å². The lowest BCUT2D eigenvalue weighted by atomic mass is 10.2. The van der Waals surface area contributed by atoms with E-state index >= 15 is 0 Å². The zero-order valence-electron chi connectivity index (χ0n) is 41.4. The maximum Gasteiger partial charge on any atom is 0.453 e. The lowest BCUT2D eigenvalue weighted by Gasteiger charge is -2.08. The average molecular weight is 1230 g/mol. The third-order valence-electron chi connectivity index (χ3n) is 12.0. The largest absolute Gasteiger partial charge is 0.475 e. The molecule has 446 valence electrons. The molecule has 84 heavy (non-hydrogen) atoms. The molecule has 0 aromatic carbocycles. The number of fused-ring (bicyclic) bond motifs is 3. The van der Waals surface area contributed by atoms with E-state index in [1.165, 1.54) is 42.7 Å². The SMILES string of the molecule is CSF.Fc1cc(-c2ccc3nnc(C(F)(F)F)n3n2)cnc1OCC1CC1(F)F.Fc1cc(-c2ccc3nnc(C(F)(F)F)n3n2)cnc1OC[C@@H]1CC1(F)F.Fc1cc(-c2ccc3nnc(C(F)(F)F)n3n2)cnc1OC[C@H]1CC1(F)F. The second-order valence-electron chi connectivity index (χ2n) is 18.1. The summed E-state index contributed by atoms with van der Waals surface area (Å²) in [7, 11) is 0. The summed E-state index contributed by atoms with van der Waals surface area (Å²) in [5.74, 6) is -19.5. The second kappa shape index (κ2) is 22.6. The quantitative estimate of drug-likeness (QED) is 0.105. The van der Waals surface area contributed by atoms with Gasteiger partial charge in [0.2, 0.25) is 17.6 Å². The first-order valence-electron chi connectivity index (χ1n) is 23.4. The standard InChI is InChI=1S/3C15H9F6N5O.CH3FS/c3*16-9-3-7(5-22-12(9)27-6-8-4-14(8,17)18)10-1-2-11-23-24-13(15(19,20)21)26(11)25-10;1-3-2/h3*1-3,5,8H,4,6H2;1H3/t2*8-;;/m10../s1. The molecule has 18 nitrogen and oxygen atoms in total. The highest BCUT2D eigenvalue weighted by Crippen LogP contribution is 2.50. The van der Waals surface area contributed by atoms with E-state index in [1.807, 2.05) is 0 Å². The van der Waals surface area contributed by atoms with Gasteiger partial charge in [0, 0.05) is 72.9 Å². The van der Waals surface area contributed by atoms with Crippen LogP contribution in [0.5, 0.6) is 17.6 Å². The number of alkyl halides is 15. The fourth-order valence-corrected chi connectivity index (χ4v) is 7.26. The van der Waals surface area contributed by atoms with E-state index in [9.17, 15) is 82.9 Å². The summed E-state index contributed by atoms with van der Waals surface area (Å²) in [6.45, 7) is -1.14. The minimum atomic E-state index is -4.77. The number of hydrogen-bond acceptors (Lipinski definition) is 16. The van der Waals surface area contributed by atoms with Crippen molar-refractivity contribution in [2.75, 3.05) is 26.1 Å². The molecule has 0 amide bonds. The molecular weight excluding hydrogens is 1200 g/mol. The molecule has 0 spiro atoms. The molecule has 3 fully saturated rings. The number of halogens is 19. The highest BCUT2D eigenvalue weighted by atomic mass is 32.2. The number of hydrogen-bond donors (Lipinski definition) is 0. The molecule has 0 aliphatic heterocycles. The Balaban J connectivity index is 0.000000148. The van der Waals surface area contributed by atoms with Gasteiger partial charge in [0.05, 0.1) is 54.7 Å². The van der Waals surface area contributed by atoms with Gasteiger partial charge in [-0.3, -0.25) is 0 Å². The second-order valence-corrected chi connectivity index (χ2v) is 18.4. The van der Waals surface area contributed by atoms with Crippen molar-refractivity contribution in [3.63, 3.8) is 0 Å². The molecule has 1 unspecified atom stereocenters. The topological polar surface area (TPSA) is 196 Å². The zero-order chi connectivity index (χ0) is 60.9. The van der Waals surface area contributed by atoms with Gasteiger partial charge in [-0.25, -0.2) is 54.5 Å². The van der Waals surface area contributed by atoms with Gasteiger partial charge in [-0.1, -0.05) is 0 Å². The fourth-order valence-electron chi connectivity index (χ4n) is 7.26. The number of rotatable bonds is 12. The van der Waals surface area contributed by atoms with Crippen LogP contribution in [0.3, 0.4) is 0 Å². The highest BCUT2D eigenvalue weighted by Gasteiger charge is 2.59. The van der Waals surface area contributed by atoms with Crippen molar-refractivity contribution in [3.8, 4) is 51.4 Å². The van der Waals surface area contributed by atoms with E-state index in [0.29, 0.717) is 13.5 Å². The van der Waals surface area contributed by atoms with Gasteiger partial charge < -0.3 is 14.2 Å². The molecule has 9 aromatic heterocycles. The molecule has 12 rings (SSSR count). The molecule has 9 heterocycles. The molecule has 9 aromatic rings. The third kappa shape index (κ3) is 13.6. The molecular formula is C46H30F19N15O3S. The molecule has 0 saturated heterocycles. The predicted octanol–water partition coefficient (Wildman–Crippen LogP) is 11.4. The first-order valence-corrected chi connectivity index (χ1v) is 24.5. The van der Waals surface area contributed by atoms with Crippen LogP contribution in [0.15, 0.2) is 73.2 Å². The highest BCUT2D eigenvalue weighted by molar-refractivity contribution is 7.93. The van der Waals surface area contributed by atoms with Crippen LogP contribution < -0.4 is 14.2 Å². The van der Waals surface area contributed by atoms with Gasteiger partial charge in [0.25, 0.3) is 35.2 Å². The first-order chi connectivity index (χ1) is 39.4. The van der Waals surface area contributed by atoms with Crippen molar-refractivity contribution < 1.29 is 97.1 Å². The Morgan fingerprint density at radius 3 is 0.893 bits per heavy atom. The molecule has 3 saturated carbocycles. The summed E-state index contributed by atoms with van der Waals surface area (Å²) in [5, 5.41) is 30.6. The maximum atomic E-state index is 14.1. The molecule has 0 radical (unpaired) electrons. The smallest absolute Gasteiger partial charge is 0.453 e. The van der Waals surface area contributed by atoms with E-state index in [2.05, 4.69) is 60.8 Å². The van der Waals surface area contributed by atoms with E-state index in [1.54, 1.807) is 0 Å². The molecule has 3 aliphatic rings. The van der Waals surface area contributed by atoms with Crippen molar-refractivity contribution in [1.29, 1.82) is 0 Å². The van der Waals surface area contributed by atoms with E-state index in [-0.39, 0.29) is 102 Å². The Labute approximate surface area is 458 Å². The van der Waals surface area contributed by atoms with Crippen LogP contribution >= 0.6 is 12.1 Å². The van der Waals surface area contributed by atoms with Gasteiger partial charge in [0.1, 0.15) is 0 Å². The summed E-state index contributed by atoms with van der Waals surface area (Å²) in [4.78, 5) is 11.1. The van der Waals surface area contributed by atoms with Gasteiger partial charge in [0.15, 0.2) is 34.4 Å². The third-order valence-corrected chi connectivity index (χ3v) is 12.0. The molecule has 0 bridgehead atoms. The van der Waals surface area contributed by atoms with Crippen molar-refractivity contribution in [1.82, 2.24) is 74.4 Å². The van der Waals surface area contributed by atoms with E-state index in [0.717, 1.165) is 36.8 Å². The lowest BCUT2D eigenvalue weighted by molar-refractivity contribution is -0.147. The minimum Gasteiger partial charge on any atom is -0.475 e.